The molecule has 1 aromatic carbocycles. The van der Waals surface area contributed by atoms with Gasteiger partial charge in [0, 0.05) is 11.1 Å². The van der Waals surface area contributed by atoms with E-state index < -0.39 is 47.7 Å². The number of ether oxygens (including phenoxy) is 1. The molecule has 1 unspecified atom stereocenters. The lowest BCUT2D eigenvalue weighted by molar-refractivity contribution is -0.187. The highest BCUT2D eigenvalue weighted by Crippen LogP contribution is 2.41. The topological polar surface area (TPSA) is 46.5 Å². The number of benzene rings is 1. The Morgan fingerprint density at radius 1 is 1.22 bits per heavy atom. The minimum absolute atomic E-state index is 0.123. The fraction of sp³-hybridized carbons (Fsp3) is 0.357. The fourth-order valence-corrected chi connectivity index (χ4v) is 2.32. The summed E-state index contributed by atoms with van der Waals surface area (Å²) in [5.74, 6) is -2.45. The summed E-state index contributed by atoms with van der Waals surface area (Å²) < 4.78 is 81.2. The summed E-state index contributed by atoms with van der Waals surface area (Å²) in [6.07, 6.45) is -13.3. The maximum absolute atomic E-state index is 12.9. The number of halogens is 6. The lowest BCUT2D eigenvalue weighted by Gasteiger charge is -2.29. The van der Waals surface area contributed by atoms with Crippen LogP contribution in [-0.4, -0.2) is 29.5 Å². The van der Waals surface area contributed by atoms with Gasteiger partial charge in [0.15, 0.2) is 0 Å². The highest BCUT2D eigenvalue weighted by molar-refractivity contribution is 5.95. The number of aliphatic carboxylic acids is 1. The van der Waals surface area contributed by atoms with Crippen LogP contribution in [0.1, 0.15) is 16.7 Å². The first-order valence-electron chi connectivity index (χ1n) is 6.27. The van der Waals surface area contributed by atoms with Crippen molar-refractivity contribution in [3.8, 4) is 5.75 Å². The zero-order valence-corrected chi connectivity index (χ0v) is 11.5. The van der Waals surface area contributed by atoms with Crippen LogP contribution in [0.2, 0.25) is 0 Å². The number of hydrogen-bond donors (Lipinski definition) is 1. The van der Waals surface area contributed by atoms with Gasteiger partial charge in [0.25, 0.3) is 0 Å². The van der Waals surface area contributed by atoms with Crippen LogP contribution in [0.15, 0.2) is 17.7 Å². The van der Waals surface area contributed by atoms with Crippen molar-refractivity contribution in [1.82, 2.24) is 0 Å². The van der Waals surface area contributed by atoms with Crippen LogP contribution in [0, 0.1) is 6.92 Å². The molecule has 0 saturated carbocycles. The third-order valence-electron chi connectivity index (χ3n) is 3.10. The van der Waals surface area contributed by atoms with Gasteiger partial charge in [0.2, 0.25) is 6.10 Å². The van der Waals surface area contributed by atoms with Crippen LogP contribution in [0.25, 0.3) is 6.08 Å². The summed E-state index contributed by atoms with van der Waals surface area (Å²) in [4.78, 5) is 11.0. The third kappa shape index (κ3) is 3.77. The SMILES string of the molecule is Cc1cc2c(c(CC(F)(F)F)c1)OC(C(F)(F)F)C(C(=O)O)=C2. The summed E-state index contributed by atoms with van der Waals surface area (Å²) in [5, 5.41) is 8.89. The van der Waals surface area contributed by atoms with Crippen molar-refractivity contribution in [3.63, 3.8) is 0 Å². The van der Waals surface area contributed by atoms with E-state index in [2.05, 4.69) is 4.74 Å². The average Bonchev–Trinajstić information content (AvgIpc) is 2.33. The van der Waals surface area contributed by atoms with Crippen molar-refractivity contribution < 1.29 is 41.0 Å². The first-order chi connectivity index (χ1) is 10.4. The molecule has 1 aliphatic rings. The zero-order chi connectivity index (χ0) is 17.6. The zero-order valence-electron chi connectivity index (χ0n) is 11.5. The van der Waals surface area contributed by atoms with E-state index >= 15 is 0 Å². The molecule has 1 aromatic rings. The first-order valence-corrected chi connectivity index (χ1v) is 6.27. The van der Waals surface area contributed by atoms with E-state index in [0.717, 1.165) is 6.07 Å². The highest BCUT2D eigenvalue weighted by atomic mass is 19.4. The smallest absolute Gasteiger partial charge is 0.430 e. The molecule has 9 heteroatoms. The van der Waals surface area contributed by atoms with Crippen LogP contribution in [0.3, 0.4) is 0 Å². The number of carboxylic acid groups (broad SMARTS) is 1. The quantitative estimate of drug-likeness (QED) is 0.831. The Labute approximate surface area is 126 Å². The van der Waals surface area contributed by atoms with E-state index in [1.165, 1.54) is 13.0 Å². The molecule has 126 valence electrons. The van der Waals surface area contributed by atoms with Crippen molar-refractivity contribution in [2.24, 2.45) is 0 Å². The van der Waals surface area contributed by atoms with Gasteiger partial charge in [-0.1, -0.05) is 6.07 Å². The van der Waals surface area contributed by atoms with Crippen molar-refractivity contribution >= 4 is 12.0 Å². The number of fused-ring (bicyclic) bond motifs is 1. The molecule has 2 rings (SSSR count). The molecule has 3 nitrogen and oxygen atoms in total. The summed E-state index contributed by atoms with van der Waals surface area (Å²) in [6, 6.07) is 2.34. The van der Waals surface area contributed by atoms with Gasteiger partial charge in [-0.05, 0) is 24.6 Å². The van der Waals surface area contributed by atoms with Crippen molar-refractivity contribution in [2.45, 2.75) is 31.8 Å². The summed E-state index contributed by atoms with van der Waals surface area (Å²) in [6.45, 7) is 1.45. The molecular formula is C14H10F6O3. The minimum atomic E-state index is -5.07. The van der Waals surface area contributed by atoms with Crippen molar-refractivity contribution in [3.05, 3.63) is 34.4 Å². The largest absolute Gasteiger partial charge is 0.478 e. The molecule has 0 aromatic heterocycles. The molecule has 1 heterocycles. The third-order valence-corrected chi connectivity index (χ3v) is 3.10. The van der Waals surface area contributed by atoms with Gasteiger partial charge < -0.3 is 9.84 Å². The molecule has 1 atom stereocenters. The van der Waals surface area contributed by atoms with E-state index in [-0.39, 0.29) is 5.56 Å². The normalized spacial score (nSPS) is 18.0. The molecule has 0 bridgehead atoms. The van der Waals surface area contributed by atoms with Crippen molar-refractivity contribution in [2.75, 3.05) is 0 Å². The lowest BCUT2D eigenvalue weighted by atomic mass is 9.95. The second-order valence-electron chi connectivity index (χ2n) is 5.08. The van der Waals surface area contributed by atoms with Crippen LogP contribution in [-0.2, 0) is 11.2 Å². The molecule has 0 aliphatic carbocycles. The first kappa shape index (κ1) is 17.2. The maximum atomic E-state index is 12.9. The Kier molecular flexibility index (Phi) is 4.08. The monoisotopic (exact) mass is 340 g/mol. The second-order valence-corrected chi connectivity index (χ2v) is 5.08. The molecule has 1 N–H and O–H groups in total. The predicted molar refractivity (Wildman–Crippen MR) is 67.0 cm³/mol. The van der Waals surface area contributed by atoms with Crippen LogP contribution < -0.4 is 4.74 Å². The van der Waals surface area contributed by atoms with Gasteiger partial charge in [-0.2, -0.15) is 26.3 Å². The number of carbonyl (C=O) groups is 1. The summed E-state index contributed by atoms with van der Waals surface area (Å²) in [7, 11) is 0. The van der Waals surface area contributed by atoms with Crippen molar-refractivity contribution in [1.29, 1.82) is 0 Å². The van der Waals surface area contributed by atoms with Gasteiger partial charge in [-0.3, -0.25) is 0 Å². The molecule has 0 radical (unpaired) electrons. The van der Waals surface area contributed by atoms with Gasteiger partial charge >= 0.3 is 18.3 Å². The lowest BCUT2D eigenvalue weighted by Crippen LogP contribution is -2.40. The summed E-state index contributed by atoms with van der Waals surface area (Å²) >= 11 is 0. The Morgan fingerprint density at radius 2 is 1.83 bits per heavy atom. The number of carboxylic acids is 1. The molecule has 0 fully saturated rings. The van der Waals surface area contributed by atoms with E-state index in [4.69, 9.17) is 5.11 Å². The number of rotatable bonds is 2. The Morgan fingerprint density at radius 3 is 2.30 bits per heavy atom. The average molecular weight is 340 g/mol. The van der Waals surface area contributed by atoms with Crippen LogP contribution in [0.5, 0.6) is 5.75 Å². The molecule has 0 amide bonds. The molecule has 23 heavy (non-hydrogen) atoms. The minimum Gasteiger partial charge on any atom is -0.478 e. The highest BCUT2D eigenvalue weighted by Gasteiger charge is 2.49. The van der Waals surface area contributed by atoms with Gasteiger partial charge in [-0.25, -0.2) is 4.79 Å². The van der Waals surface area contributed by atoms with E-state index in [9.17, 15) is 31.1 Å². The standard InChI is InChI=1S/C14H10F6O3/c1-6-2-7-4-9(12(21)22)11(14(18,19)20)23-10(7)8(3-6)5-13(15,16)17/h2-4,11H,5H2,1H3,(H,21,22). The van der Waals surface area contributed by atoms with E-state index in [1.807, 2.05) is 0 Å². The van der Waals surface area contributed by atoms with E-state index in [0.29, 0.717) is 11.6 Å². The van der Waals surface area contributed by atoms with Gasteiger partial charge in [0.05, 0.1) is 12.0 Å². The predicted octanol–water partition coefficient (Wildman–Crippen LogP) is 3.89. The summed E-state index contributed by atoms with van der Waals surface area (Å²) in [5.41, 5.74) is -1.32. The number of aryl methyl sites for hydroxylation is 1. The van der Waals surface area contributed by atoms with Gasteiger partial charge in [-0.15, -0.1) is 0 Å². The fourth-order valence-electron chi connectivity index (χ4n) is 2.32. The number of alkyl halides is 6. The van der Waals surface area contributed by atoms with E-state index in [1.54, 1.807) is 0 Å². The number of hydrogen-bond acceptors (Lipinski definition) is 2. The maximum Gasteiger partial charge on any atom is 0.430 e. The molecule has 0 saturated heterocycles. The van der Waals surface area contributed by atoms with Crippen LogP contribution >= 0.6 is 0 Å². The Hall–Kier alpha value is -2.19. The Bertz CT molecular complexity index is 672. The molecule has 1 aliphatic heterocycles. The molecular weight excluding hydrogens is 330 g/mol. The second kappa shape index (κ2) is 5.47. The van der Waals surface area contributed by atoms with Gasteiger partial charge in [0.1, 0.15) is 5.75 Å². The Balaban J connectivity index is 2.61. The van der Waals surface area contributed by atoms with Crippen LogP contribution in [0.4, 0.5) is 26.3 Å². The molecule has 0 spiro atoms.